The van der Waals surface area contributed by atoms with Crippen LogP contribution in [-0.4, -0.2) is 43.2 Å². The highest BCUT2D eigenvalue weighted by molar-refractivity contribution is 7.13. The molecule has 9 heteroatoms. The van der Waals surface area contributed by atoms with E-state index in [4.69, 9.17) is 15.2 Å². The van der Waals surface area contributed by atoms with Gasteiger partial charge in [0.05, 0.1) is 6.61 Å². The van der Waals surface area contributed by atoms with Crippen molar-refractivity contribution in [2.45, 2.75) is 18.5 Å². The molecule has 32 heavy (non-hydrogen) atoms. The Morgan fingerprint density at radius 1 is 1.06 bits per heavy atom. The maximum absolute atomic E-state index is 12.9. The van der Waals surface area contributed by atoms with Crippen molar-refractivity contribution in [1.29, 1.82) is 0 Å². The van der Waals surface area contributed by atoms with Gasteiger partial charge in [0, 0.05) is 25.1 Å². The van der Waals surface area contributed by atoms with Gasteiger partial charge in [-0.15, -0.1) is 11.3 Å². The number of carbonyl (C=O) groups excluding carboxylic acids is 2. The first kappa shape index (κ1) is 23.4. The standard InChI is InChI=1S/C23H26N4O4S/c1-30-12-13-31-18-9-7-17(8-10-18)20(24)22(29)26-19(15-16-5-3-2-4-6-16)21(28)27-23-25-11-14-32-23/h2-11,14,19-20H,12-13,15,24H2,1H3,(H,26,29)(H,25,27,28)/t19-,20?/m0/s1. The minimum atomic E-state index is -0.936. The Hall–Kier alpha value is -3.27. The zero-order valence-electron chi connectivity index (χ0n) is 17.7. The molecular formula is C23H26N4O4S. The lowest BCUT2D eigenvalue weighted by atomic mass is 10.0. The molecular weight excluding hydrogens is 428 g/mol. The van der Waals surface area contributed by atoms with Crippen LogP contribution in [0.25, 0.3) is 0 Å². The van der Waals surface area contributed by atoms with Gasteiger partial charge in [0.1, 0.15) is 24.4 Å². The number of carbonyl (C=O) groups is 2. The number of aromatic nitrogens is 1. The predicted molar refractivity (Wildman–Crippen MR) is 124 cm³/mol. The van der Waals surface area contributed by atoms with Crippen LogP contribution in [0.4, 0.5) is 5.13 Å². The first-order valence-electron chi connectivity index (χ1n) is 10.1. The number of nitrogens with two attached hydrogens (primary N) is 1. The van der Waals surface area contributed by atoms with Gasteiger partial charge in [-0.25, -0.2) is 4.98 Å². The Morgan fingerprint density at radius 2 is 1.81 bits per heavy atom. The van der Waals surface area contributed by atoms with Crippen LogP contribution in [0.15, 0.2) is 66.2 Å². The van der Waals surface area contributed by atoms with Gasteiger partial charge in [-0.05, 0) is 23.3 Å². The maximum atomic E-state index is 12.9. The number of amides is 2. The molecule has 1 heterocycles. The van der Waals surface area contributed by atoms with E-state index < -0.39 is 18.0 Å². The molecule has 3 rings (SSSR count). The fourth-order valence-electron chi connectivity index (χ4n) is 2.96. The lowest BCUT2D eigenvalue weighted by Crippen LogP contribution is -2.48. The summed E-state index contributed by atoms with van der Waals surface area (Å²) in [4.78, 5) is 29.8. The third-order valence-corrected chi connectivity index (χ3v) is 5.34. The number of methoxy groups -OCH3 is 1. The summed E-state index contributed by atoms with van der Waals surface area (Å²) in [5, 5.41) is 7.76. The molecule has 2 atom stereocenters. The number of hydrogen-bond acceptors (Lipinski definition) is 7. The molecule has 4 N–H and O–H groups in total. The number of rotatable bonds is 11. The van der Waals surface area contributed by atoms with Crippen LogP contribution in [-0.2, 0) is 20.7 Å². The van der Waals surface area contributed by atoms with E-state index in [2.05, 4.69) is 15.6 Å². The zero-order chi connectivity index (χ0) is 22.8. The van der Waals surface area contributed by atoms with Crippen molar-refractivity contribution in [2.24, 2.45) is 5.73 Å². The number of ether oxygens (including phenoxy) is 2. The second-order valence-corrected chi connectivity index (χ2v) is 7.86. The quantitative estimate of drug-likeness (QED) is 0.384. The molecule has 0 aliphatic rings. The van der Waals surface area contributed by atoms with Crippen molar-refractivity contribution in [1.82, 2.24) is 10.3 Å². The number of anilines is 1. The highest BCUT2D eigenvalue weighted by atomic mass is 32.1. The lowest BCUT2D eigenvalue weighted by Gasteiger charge is -2.21. The summed E-state index contributed by atoms with van der Waals surface area (Å²) in [5.41, 5.74) is 7.70. The van der Waals surface area contributed by atoms with Crippen LogP contribution in [0.2, 0.25) is 0 Å². The summed E-state index contributed by atoms with van der Waals surface area (Å²) in [5.74, 6) is -0.150. The van der Waals surface area contributed by atoms with Crippen LogP contribution in [0.1, 0.15) is 17.2 Å². The molecule has 0 saturated heterocycles. The smallest absolute Gasteiger partial charge is 0.249 e. The summed E-state index contributed by atoms with van der Waals surface area (Å²) in [7, 11) is 1.60. The van der Waals surface area contributed by atoms with E-state index in [-0.39, 0.29) is 5.91 Å². The molecule has 2 amide bonds. The van der Waals surface area contributed by atoms with Gasteiger partial charge in [0.15, 0.2) is 5.13 Å². The van der Waals surface area contributed by atoms with Crippen LogP contribution >= 0.6 is 11.3 Å². The Labute approximate surface area is 190 Å². The van der Waals surface area contributed by atoms with Gasteiger partial charge in [-0.2, -0.15) is 0 Å². The van der Waals surface area contributed by atoms with E-state index in [1.54, 1.807) is 43.0 Å². The fourth-order valence-corrected chi connectivity index (χ4v) is 3.50. The van der Waals surface area contributed by atoms with Crippen LogP contribution in [0.3, 0.4) is 0 Å². The average molecular weight is 455 g/mol. The maximum Gasteiger partial charge on any atom is 0.249 e. The summed E-state index contributed by atoms with van der Waals surface area (Å²) in [6, 6.07) is 14.7. The van der Waals surface area contributed by atoms with Crippen LogP contribution < -0.4 is 21.1 Å². The van der Waals surface area contributed by atoms with Gasteiger partial charge in [0.2, 0.25) is 11.8 Å². The summed E-state index contributed by atoms with van der Waals surface area (Å²) in [6.07, 6.45) is 1.92. The van der Waals surface area contributed by atoms with E-state index in [0.29, 0.717) is 36.1 Å². The van der Waals surface area contributed by atoms with E-state index in [9.17, 15) is 9.59 Å². The number of benzene rings is 2. The SMILES string of the molecule is COCCOc1ccc(C(N)C(=O)N[C@@H](Cc2ccccc2)C(=O)Nc2nccs2)cc1. The third-order valence-electron chi connectivity index (χ3n) is 4.66. The minimum absolute atomic E-state index is 0.322. The topological polar surface area (TPSA) is 116 Å². The number of nitrogens with zero attached hydrogens (tertiary/aromatic N) is 1. The molecule has 0 fully saturated rings. The molecule has 0 bridgehead atoms. The minimum Gasteiger partial charge on any atom is -0.491 e. The third kappa shape index (κ3) is 6.88. The van der Waals surface area contributed by atoms with E-state index in [1.807, 2.05) is 30.3 Å². The molecule has 0 radical (unpaired) electrons. The summed E-state index contributed by atoms with van der Waals surface area (Å²) < 4.78 is 10.5. The molecule has 168 valence electrons. The first-order chi connectivity index (χ1) is 15.6. The van der Waals surface area contributed by atoms with Crippen LogP contribution in [0.5, 0.6) is 5.75 Å². The number of hydrogen-bond donors (Lipinski definition) is 3. The molecule has 0 aliphatic carbocycles. The van der Waals surface area contributed by atoms with Crippen molar-refractivity contribution in [3.05, 3.63) is 77.3 Å². The van der Waals surface area contributed by atoms with Crippen molar-refractivity contribution in [3.63, 3.8) is 0 Å². The Kier molecular flexibility index (Phi) is 8.73. The molecule has 8 nitrogen and oxygen atoms in total. The normalized spacial score (nSPS) is 12.6. The molecule has 0 aliphatic heterocycles. The second kappa shape index (κ2) is 11.9. The first-order valence-corrected chi connectivity index (χ1v) is 11.0. The highest BCUT2D eigenvalue weighted by Gasteiger charge is 2.25. The summed E-state index contributed by atoms with van der Waals surface area (Å²) in [6.45, 7) is 0.910. The van der Waals surface area contributed by atoms with Gasteiger partial charge >= 0.3 is 0 Å². The Bertz CT molecular complexity index is 981. The number of nitrogens with one attached hydrogen (secondary N) is 2. The van der Waals surface area contributed by atoms with Crippen molar-refractivity contribution in [2.75, 3.05) is 25.6 Å². The average Bonchev–Trinajstić information content (AvgIpc) is 3.32. The van der Waals surface area contributed by atoms with Crippen molar-refractivity contribution in [3.8, 4) is 5.75 Å². The zero-order valence-corrected chi connectivity index (χ0v) is 18.5. The molecule has 0 saturated carbocycles. The van der Waals surface area contributed by atoms with Gasteiger partial charge in [-0.3, -0.25) is 9.59 Å². The largest absolute Gasteiger partial charge is 0.491 e. The fraction of sp³-hybridized carbons (Fsp3) is 0.261. The molecule has 1 aromatic heterocycles. The monoisotopic (exact) mass is 454 g/mol. The van der Waals surface area contributed by atoms with Crippen LogP contribution in [0, 0.1) is 0 Å². The van der Waals surface area contributed by atoms with E-state index in [1.165, 1.54) is 11.3 Å². The molecule has 3 aromatic rings. The molecule has 2 aromatic carbocycles. The molecule has 1 unspecified atom stereocenters. The Morgan fingerprint density at radius 3 is 2.47 bits per heavy atom. The lowest BCUT2D eigenvalue weighted by molar-refractivity contribution is -0.127. The van der Waals surface area contributed by atoms with Crippen molar-refractivity contribution < 1.29 is 19.1 Å². The Balaban J connectivity index is 1.67. The van der Waals surface area contributed by atoms with Gasteiger partial charge in [0.25, 0.3) is 0 Å². The second-order valence-electron chi connectivity index (χ2n) is 6.97. The van der Waals surface area contributed by atoms with E-state index >= 15 is 0 Å². The molecule has 0 spiro atoms. The number of thiazole rings is 1. The van der Waals surface area contributed by atoms with Crippen molar-refractivity contribution >= 4 is 28.3 Å². The van der Waals surface area contributed by atoms with Gasteiger partial charge < -0.3 is 25.8 Å². The summed E-state index contributed by atoms with van der Waals surface area (Å²) >= 11 is 1.31. The van der Waals surface area contributed by atoms with Gasteiger partial charge in [-0.1, -0.05) is 42.5 Å². The highest BCUT2D eigenvalue weighted by Crippen LogP contribution is 2.18. The predicted octanol–water partition coefficient (Wildman–Crippen LogP) is 2.53. The van der Waals surface area contributed by atoms with E-state index in [0.717, 1.165) is 5.56 Å².